The molecule has 0 amide bonds. The lowest BCUT2D eigenvalue weighted by atomic mass is 10.1. The van der Waals surface area contributed by atoms with Crippen LogP contribution in [0.4, 0.5) is 0 Å². The summed E-state index contributed by atoms with van der Waals surface area (Å²) in [7, 11) is 5.41. The van der Waals surface area contributed by atoms with Gasteiger partial charge in [-0.25, -0.2) is 0 Å². The van der Waals surface area contributed by atoms with Crippen LogP contribution in [0.3, 0.4) is 0 Å². The molecule has 0 aromatic rings. The summed E-state index contributed by atoms with van der Waals surface area (Å²) in [5, 5.41) is 0. The van der Waals surface area contributed by atoms with E-state index in [-0.39, 0.29) is 0 Å². The first-order chi connectivity index (χ1) is 5.56. The molecule has 0 nitrogen and oxygen atoms in total. The van der Waals surface area contributed by atoms with Crippen molar-refractivity contribution in [1.29, 1.82) is 0 Å². The molecule has 0 unspecified atom stereocenters. The Morgan fingerprint density at radius 3 is 1.92 bits per heavy atom. The average molecular weight is 211 g/mol. The van der Waals surface area contributed by atoms with Crippen LogP contribution in [-0.4, -0.2) is 18.3 Å². The minimum Gasteiger partial charge on any atom is -0.169 e. The Hall–Kier alpha value is 0.640. The van der Waals surface area contributed by atoms with E-state index >= 15 is 0 Å². The molecule has 0 aliphatic carbocycles. The Morgan fingerprint density at radius 1 is 0.917 bits per heavy atom. The van der Waals surface area contributed by atoms with Crippen LogP contribution in [0.1, 0.15) is 45.4 Å². The molecular weight excluding hydrogens is 188 g/mol. The normalized spacial score (nSPS) is 13.3. The Kier molecular flexibility index (Phi) is 7.46. The number of hydrogen-bond donors (Lipinski definition) is 0. The van der Waals surface area contributed by atoms with Gasteiger partial charge in [-0.3, -0.25) is 0 Å². The van der Waals surface area contributed by atoms with E-state index in [9.17, 15) is 0 Å². The molecule has 0 rings (SSSR count). The van der Waals surface area contributed by atoms with Gasteiger partial charge in [0.1, 0.15) is 0 Å². The van der Waals surface area contributed by atoms with Gasteiger partial charge in [0.05, 0.1) is 0 Å². The van der Waals surface area contributed by atoms with Crippen LogP contribution < -0.4 is 0 Å². The van der Waals surface area contributed by atoms with E-state index < -0.39 is 9.24 Å². The Bertz CT molecular complexity index is 96.5. The van der Waals surface area contributed by atoms with Crippen LogP contribution in [0.25, 0.3) is 0 Å². The zero-order valence-corrected chi connectivity index (χ0v) is 10.3. The van der Waals surface area contributed by atoms with Gasteiger partial charge in [-0.05, 0) is 24.7 Å². The molecule has 2 heteroatoms. The van der Waals surface area contributed by atoms with Gasteiger partial charge in [0.15, 0.2) is 0 Å². The van der Waals surface area contributed by atoms with Crippen molar-refractivity contribution in [2.45, 2.75) is 45.4 Å². The molecule has 0 heterocycles. The SMILES string of the molecule is CCCCCCCCS(C)(C)Cl. The van der Waals surface area contributed by atoms with Crippen LogP contribution in [-0.2, 0) is 0 Å². The molecule has 0 spiro atoms. The molecule has 0 aliphatic heterocycles. The van der Waals surface area contributed by atoms with Crippen molar-refractivity contribution < 1.29 is 0 Å². The quantitative estimate of drug-likeness (QED) is 0.541. The molecule has 12 heavy (non-hydrogen) atoms. The molecule has 0 aromatic carbocycles. The fourth-order valence-electron chi connectivity index (χ4n) is 1.23. The van der Waals surface area contributed by atoms with E-state index in [1.165, 1.54) is 44.3 Å². The predicted octanol–water partition coefficient (Wildman–Crippen LogP) is 4.56. The van der Waals surface area contributed by atoms with Crippen LogP contribution in [0.15, 0.2) is 0 Å². The minimum atomic E-state index is -0.745. The monoisotopic (exact) mass is 210 g/mol. The van der Waals surface area contributed by atoms with Crippen molar-refractivity contribution in [1.82, 2.24) is 0 Å². The lowest BCUT2D eigenvalue weighted by Crippen LogP contribution is -1.93. The van der Waals surface area contributed by atoms with E-state index in [1.807, 2.05) is 0 Å². The topological polar surface area (TPSA) is 0 Å². The highest BCUT2D eigenvalue weighted by molar-refractivity contribution is 8.50. The first kappa shape index (κ1) is 12.6. The maximum atomic E-state index is 6.16. The summed E-state index contributed by atoms with van der Waals surface area (Å²) >= 11 is 0. The predicted molar refractivity (Wildman–Crippen MR) is 63.5 cm³/mol. The summed E-state index contributed by atoms with van der Waals surface area (Å²) in [5.41, 5.74) is 0. The number of rotatable bonds is 7. The third kappa shape index (κ3) is 10.6. The summed E-state index contributed by atoms with van der Waals surface area (Å²) in [6.07, 6.45) is 12.6. The van der Waals surface area contributed by atoms with Crippen molar-refractivity contribution >= 4 is 19.9 Å². The second kappa shape index (κ2) is 7.08. The highest BCUT2D eigenvalue weighted by Gasteiger charge is 2.04. The van der Waals surface area contributed by atoms with Gasteiger partial charge < -0.3 is 0 Å². The summed E-state index contributed by atoms with van der Waals surface area (Å²) < 4.78 is 0. The highest BCUT2D eigenvalue weighted by atomic mass is 35.7. The minimum absolute atomic E-state index is 0.745. The Labute approximate surface area is 83.9 Å². The van der Waals surface area contributed by atoms with Gasteiger partial charge in [0, 0.05) is 0 Å². The summed E-state index contributed by atoms with van der Waals surface area (Å²) in [5.74, 6) is 1.24. The molecule has 0 aliphatic rings. The highest BCUT2D eigenvalue weighted by Crippen LogP contribution is 2.45. The first-order valence-electron chi connectivity index (χ1n) is 4.97. The zero-order valence-electron chi connectivity index (χ0n) is 8.74. The first-order valence-corrected chi connectivity index (χ1v) is 8.41. The third-order valence-electron chi connectivity index (χ3n) is 1.98. The van der Waals surface area contributed by atoms with Crippen molar-refractivity contribution in [3.8, 4) is 0 Å². The van der Waals surface area contributed by atoms with E-state index in [4.69, 9.17) is 10.7 Å². The van der Waals surface area contributed by atoms with Gasteiger partial charge >= 0.3 is 0 Å². The molecule has 0 saturated heterocycles. The zero-order chi connectivity index (χ0) is 9.45. The smallest absolute Gasteiger partial charge is 0.0106 e. The van der Waals surface area contributed by atoms with Gasteiger partial charge in [-0.1, -0.05) is 49.7 Å². The van der Waals surface area contributed by atoms with Gasteiger partial charge in [-0.2, -0.15) is 9.24 Å². The van der Waals surface area contributed by atoms with Crippen LogP contribution in [0, 0.1) is 0 Å². The fourth-order valence-corrected chi connectivity index (χ4v) is 2.44. The van der Waals surface area contributed by atoms with Crippen molar-refractivity contribution in [2.24, 2.45) is 0 Å². The summed E-state index contributed by atoms with van der Waals surface area (Å²) in [6, 6.07) is 0. The molecule has 0 saturated carbocycles. The van der Waals surface area contributed by atoms with Gasteiger partial charge in [0.25, 0.3) is 0 Å². The standard InChI is InChI=1S/C10H23ClS/c1-4-5-6-7-8-9-10-12(2,3)11/h4-10H2,1-3H3. The van der Waals surface area contributed by atoms with Crippen molar-refractivity contribution in [2.75, 3.05) is 18.3 Å². The molecule has 0 radical (unpaired) electrons. The lowest BCUT2D eigenvalue weighted by molar-refractivity contribution is 0.626. The largest absolute Gasteiger partial charge is 0.169 e. The second-order valence-corrected chi connectivity index (χ2v) is 9.60. The van der Waals surface area contributed by atoms with Crippen molar-refractivity contribution in [3.63, 3.8) is 0 Å². The van der Waals surface area contributed by atoms with Gasteiger partial charge in [0.2, 0.25) is 0 Å². The Balaban J connectivity index is 3.01. The molecule has 0 N–H and O–H groups in total. The molecular formula is C10H23ClS. The molecule has 0 bridgehead atoms. The van der Waals surface area contributed by atoms with E-state index in [0.717, 1.165) is 0 Å². The molecule has 0 aromatic heterocycles. The van der Waals surface area contributed by atoms with E-state index in [2.05, 4.69) is 19.4 Å². The Morgan fingerprint density at radius 2 is 1.42 bits per heavy atom. The fraction of sp³-hybridized carbons (Fsp3) is 1.00. The van der Waals surface area contributed by atoms with Crippen LogP contribution in [0.2, 0.25) is 0 Å². The summed E-state index contributed by atoms with van der Waals surface area (Å²) in [4.78, 5) is 0. The maximum Gasteiger partial charge on any atom is -0.0106 e. The molecule has 76 valence electrons. The maximum absolute atomic E-state index is 6.16. The third-order valence-corrected chi connectivity index (χ3v) is 3.71. The van der Waals surface area contributed by atoms with Crippen molar-refractivity contribution in [3.05, 3.63) is 0 Å². The average Bonchev–Trinajstić information content (AvgIpc) is 1.94. The molecule has 0 fully saturated rings. The second-order valence-electron chi connectivity index (χ2n) is 3.88. The lowest BCUT2D eigenvalue weighted by Gasteiger charge is -2.21. The van der Waals surface area contributed by atoms with Crippen LogP contribution >= 0.6 is 19.9 Å². The van der Waals surface area contributed by atoms with Gasteiger partial charge in [-0.15, -0.1) is 0 Å². The number of unbranched alkanes of at least 4 members (excludes halogenated alkanes) is 5. The molecule has 0 atom stereocenters. The van der Waals surface area contributed by atoms with E-state index in [0.29, 0.717) is 0 Å². The summed E-state index contributed by atoms with van der Waals surface area (Å²) in [6.45, 7) is 2.26. The number of hydrogen-bond acceptors (Lipinski definition) is 0. The number of halogens is 1. The van der Waals surface area contributed by atoms with Crippen LogP contribution in [0.5, 0.6) is 0 Å². The van der Waals surface area contributed by atoms with E-state index in [1.54, 1.807) is 0 Å².